The molecule has 1 aliphatic rings. The number of hydrogen-bond donors (Lipinski definition) is 2. The number of carbonyl (C=O) groups excluding carboxylic acids is 1. The zero-order valence-corrected chi connectivity index (χ0v) is 9.52. The van der Waals surface area contributed by atoms with Gasteiger partial charge < -0.3 is 20.5 Å². The first-order chi connectivity index (χ1) is 8.25. The van der Waals surface area contributed by atoms with Crippen molar-refractivity contribution in [2.75, 3.05) is 32.1 Å². The largest absolute Gasteiger partial charge is 0.399 e. The highest BCUT2D eigenvalue weighted by atomic mass is 16.6. The summed E-state index contributed by atoms with van der Waals surface area (Å²) in [6, 6.07) is 6.80. The van der Waals surface area contributed by atoms with Crippen LogP contribution in [0.4, 0.5) is 5.69 Å². The number of ether oxygens (including phenoxy) is 2. The molecule has 1 fully saturated rings. The van der Waals surface area contributed by atoms with E-state index in [0.717, 1.165) is 0 Å². The first kappa shape index (κ1) is 11.9. The van der Waals surface area contributed by atoms with Crippen molar-refractivity contribution >= 4 is 11.6 Å². The van der Waals surface area contributed by atoms with E-state index in [9.17, 15) is 4.79 Å². The molecule has 2 rings (SSSR count). The van der Waals surface area contributed by atoms with Crippen molar-refractivity contribution in [1.82, 2.24) is 5.32 Å². The average Bonchev–Trinajstić information content (AvgIpc) is 2.38. The Morgan fingerprint density at radius 3 is 2.76 bits per heavy atom. The summed E-state index contributed by atoms with van der Waals surface area (Å²) in [5.41, 5.74) is 6.79. The summed E-state index contributed by atoms with van der Waals surface area (Å²) in [5, 5.41) is 2.80. The third-order valence-corrected chi connectivity index (χ3v) is 2.55. The molecule has 5 heteroatoms. The SMILES string of the molecule is Nc1ccc(C(=O)NCC2COCCO2)cc1. The Balaban J connectivity index is 1.82. The summed E-state index contributed by atoms with van der Waals surface area (Å²) in [6.07, 6.45) is -0.0542. The van der Waals surface area contributed by atoms with E-state index in [1.807, 2.05) is 0 Å². The van der Waals surface area contributed by atoms with Crippen molar-refractivity contribution in [3.05, 3.63) is 29.8 Å². The number of carbonyl (C=O) groups is 1. The fourth-order valence-electron chi connectivity index (χ4n) is 1.60. The van der Waals surface area contributed by atoms with Crippen molar-refractivity contribution in [2.24, 2.45) is 0 Å². The number of nitrogens with one attached hydrogen (secondary N) is 1. The lowest BCUT2D eigenvalue weighted by Crippen LogP contribution is -2.39. The van der Waals surface area contributed by atoms with Crippen LogP contribution in [0.15, 0.2) is 24.3 Å². The smallest absolute Gasteiger partial charge is 0.251 e. The van der Waals surface area contributed by atoms with Gasteiger partial charge in [0.1, 0.15) is 0 Å². The Labute approximate surface area is 99.9 Å². The highest BCUT2D eigenvalue weighted by molar-refractivity contribution is 5.94. The number of benzene rings is 1. The molecule has 0 bridgehead atoms. The number of amides is 1. The van der Waals surface area contributed by atoms with Crippen LogP contribution in [0.5, 0.6) is 0 Å². The van der Waals surface area contributed by atoms with Gasteiger partial charge in [-0.1, -0.05) is 0 Å². The molecule has 1 amide bonds. The molecular weight excluding hydrogens is 220 g/mol. The second kappa shape index (κ2) is 5.65. The molecule has 0 spiro atoms. The molecule has 1 unspecified atom stereocenters. The molecule has 1 atom stereocenters. The summed E-state index contributed by atoms with van der Waals surface area (Å²) < 4.78 is 10.7. The third-order valence-electron chi connectivity index (χ3n) is 2.55. The lowest BCUT2D eigenvalue weighted by Gasteiger charge is -2.23. The minimum atomic E-state index is -0.126. The van der Waals surface area contributed by atoms with Crippen LogP contribution < -0.4 is 11.1 Å². The van der Waals surface area contributed by atoms with E-state index in [2.05, 4.69) is 5.32 Å². The van der Waals surface area contributed by atoms with Gasteiger partial charge in [0.2, 0.25) is 0 Å². The van der Waals surface area contributed by atoms with Crippen LogP contribution in [0.3, 0.4) is 0 Å². The highest BCUT2D eigenvalue weighted by Crippen LogP contribution is 2.05. The average molecular weight is 236 g/mol. The molecule has 0 radical (unpaired) electrons. The standard InChI is InChI=1S/C12H16N2O3/c13-10-3-1-9(2-4-10)12(15)14-7-11-8-16-5-6-17-11/h1-4,11H,5-8,13H2,(H,14,15). The molecule has 0 aliphatic carbocycles. The molecule has 1 aromatic rings. The van der Waals surface area contributed by atoms with Crippen LogP contribution in [0.25, 0.3) is 0 Å². The Morgan fingerprint density at radius 1 is 1.35 bits per heavy atom. The maximum Gasteiger partial charge on any atom is 0.251 e. The van der Waals surface area contributed by atoms with E-state index >= 15 is 0 Å². The Hall–Kier alpha value is -1.59. The molecule has 1 saturated heterocycles. The summed E-state index contributed by atoms with van der Waals surface area (Å²) in [6.45, 7) is 2.20. The van der Waals surface area contributed by atoms with E-state index in [1.165, 1.54) is 0 Å². The fraction of sp³-hybridized carbons (Fsp3) is 0.417. The van der Waals surface area contributed by atoms with Crippen molar-refractivity contribution in [3.8, 4) is 0 Å². The number of nitrogens with two attached hydrogens (primary N) is 1. The summed E-state index contributed by atoms with van der Waals surface area (Å²) in [7, 11) is 0. The van der Waals surface area contributed by atoms with Gasteiger partial charge in [-0.3, -0.25) is 4.79 Å². The van der Waals surface area contributed by atoms with Crippen LogP contribution in [-0.2, 0) is 9.47 Å². The first-order valence-electron chi connectivity index (χ1n) is 5.59. The van der Waals surface area contributed by atoms with Crippen LogP contribution in [0.2, 0.25) is 0 Å². The lowest BCUT2D eigenvalue weighted by molar-refractivity contribution is -0.0855. The molecule has 0 aromatic heterocycles. The Kier molecular flexibility index (Phi) is 3.95. The lowest BCUT2D eigenvalue weighted by atomic mass is 10.2. The molecule has 1 aliphatic heterocycles. The van der Waals surface area contributed by atoms with Gasteiger partial charge >= 0.3 is 0 Å². The quantitative estimate of drug-likeness (QED) is 0.746. The van der Waals surface area contributed by atoms with E-state index in [4.69, 9.17) is 15.2 Å². The first-order valence-corrected chi connectivity index (χ1v) is 5.59. The van der Waals surface area contributed by atoms with Crippen molar-refractivity contribution in [2.45, 2.75) is 6.10 Å². The summed E-state index contributed by atoms with van der Waals surface area (Å²) >= 11 is 0. The minimum absolute atomic E-state index is 0.0542. The number of nitrogen functional groups attached to an aromatic ring is 1. The molecule has 17 heavy (non-hydrogen) atoms. The van der Waals surface area contributed by atoms with E-state index in [0.29, 0.717) is 37.6 Å². The zero-order chi connectivity index (χ0) is 12.1. The molecule has 1 aromatic carbocycles. The molecule has 5 nitrogen and oxygen atoms in total. The molecule has 3 N–H and O–H groups in total. The van der Waals surface area contributed by atoms with Gasteiger partial charge in [0, 0.05) is 17.8 Å². The normalized spacial score (nSPS) is 19.9. The van der Waals surface area contributed by atoms with Crippen LogP contribution in [0.1, 0.15) is 10.4 Å². The summed E-state index contributed by atoms with van der Waals surface area (Å²) in [4.78, 5) is 11.8. The highest BCUT2D eigenvalue weighted by Gasteiger charge is 2.15. The Morgan fingerprint density at radius 2 is 2.12 bits per heavy atom. The third kappa shape index (κ3) is 3.44. The van der Waals surface area contributed by atoms with Crippen LogP contribution in [0, 0.1) is 0 Å². The maximum absolute atomic E-state index is 11.8. The van der Waals surface area contributed by atoms with Crippen molar-refractivity contribution in [1.29, 1.82) is 0 Å². The predicted octanol–water partition coefficient (Wildman–Crippen LogP) is 0.414. The monoisotopic (exact) mass is 236 g/mol. The predicted molar refractivity (Wildman–Crippen MR) is 63.7 cm³/mol. The minimum Gasteiger partial charge on any atom is -0.399 e. The van der Waals surface area contributed by atoms with Gasteiger partial charge in [0.25, 0.3) is 5.91 Å². The topological polar surface area (TPSA) is 73.6 Å². The van der Waals surface area contributed by atoms with Crippen LogP contribution in [-0.4, -0.2) is 38.4 Å². The Bertz CT molecular complexity index is 372. The molecular formula is C12H16N2O3. The van der Waals surface area contributed by atoms with Gasteiger partial charge in [-0.25, -0.2) is 0 Å². The second-order valence-electron chi connectivity index (χ2n) is 3.90. The molecule has 1 heterocycles. The number of rotatable bonds is 3. The van der Waals surface area contributed by atoms with E-state index in [1.54, 1.807) is 24.3 Å². The number of hydrogen-bond acceptors (Lipinski definition) is 4. The van der Waals surface area contributed by atoms with Gasteiger partial charge in [-0.2, -0.15) is 0 Å². The maximum atomic E-state index is 11.8. The van der Waals surface area contributed by atoms with Crippen molar-refractivity contribution < 1.29 is 14.3 Å². The van der Waals surface area contributed by atoms with Gasteiger partial charge in [-0.05, 0) is 24.3 Å². The zero-order valence-electron chi connectivity index (χ0n) is 9.52. The molecule has 0 saturated carbocycles. The van der Waals surface area contributed by atoms with Gasteiger partial charge in [0.15, 0.2) is 0 Å². The molecule has 92 valence electrons. The van der Waals surface area contributed by atoms with Gasteiger partial charge in [0.05, 0.1) is 25.9 Å². The number of anilines is 1. The second-order valence-corrected chi connectivity index (χ2v) is 3.90. The van der Waals surface area contributed by atoms with Crippen LogP contribution >= 0.6 is 0 Å². The van der Waals surface area contributed by atoms with E-state index < -0.39 is 0 Å². The van der Waals surface area contributed by atoms with Gasteiger partial charge in [-0.15, -0.1) is 0 Å². The summed E-state index contributed by atoms with van der Waals surface area (Å²) in [5.74, 6) is -0.126. The fourth-order valence-corrected chi connectivity index (χ4v) is 1.60. The van der Waals surface area contributed by atoms with Crippen molar-refractivity contribution in [3.63, 3.8) is 0 Å². The van der Waals surface area contributed by atoms with E-state index in [-0.39, 0.29) is 12.0 Å².